The molecule has 1 aromatic carbocycles. The van der Waals surface area contributed by atoms with Crippen molar-refractivity contribution >= 4 is 17.5 Å². The number of rotatable bonds is 4. The van der Waals surface area contributed by atoms with Crippen molar-refractivity contribution in [2.24, 2.45) is 0 Å². The highest BCUT2D eigenvalue weighted by Crippen LogP contribution is 2.12. The molecule has 0 atom stereocenters. The van der Waals surface area contributed by atoms with Crippen molar-refractivity contribution in [1.29, 1.82) is 0 Å². The molecule has 0 aliphatic carbocycles. The van der Waals surface area contributed by atoms with E-state index >= 15 is 0 Å². The maximum atomic E-state index is 5.92. The molecule has 1 heterocycles. The first-order valence-electron chi connectivity index (χ1n) is 5.29. The second-order valence-corrected chi connectivity index (χ2v) is 3.96. The molecule has 0 aliphatic rings. The Kier molecular flexibility index (Phi) is 3.47. The SMILES string of the molecule is CCn1ccnc1NCc1cccc(Cl)c1. The molecule has 2 rings (SSSR count). The number of benzene rings is 1. The Balaban J connectivity index is 2.02. The summed E-state index contributed by atoms with van der Waals surface area (Å²) in [5.74, 6) is 0.891. The topological polar surface area (TPSA) is 29.9 Å². The molecule has 0 aliphatic heterocycles. The smallest absolute Gasteiger partial charge is 0.203 e. The molecule has 3 nitrogen and oxygen atoms in total. The van der Waals surface area contributed by atoms with Crippen molar-refractivity contribution in [2.45, 2.75) is 20.0 Å². The van der Waals surface area contributed by atoms with Crippen LogP contribution in [0.3, 0.4) is 0 Å². The van der Waals surface area contributed by atoms with E-state index in [0.29, 0.717) is 0 Å². The number of nitrogens with zero attached hydrogens (tertiary/aromatic N) is 2. The zero-order valence-corrected chi connectivity index (χ0v) is 9.91. The molecule has 1 aromatic heterocycles. The Bertz CT molecular complexity index is 465. The van der Waals surface area contributed by atoms with Crippen LogP contribution in [0.15, 0.2) is 36.7 Å². The standard InChI is InChI=1S/C12H14ClN3/c1-2-16-7-6-14-12(16)15-9-10-4-3-5-11(13)8-10/h3-8H,2,9H2,1H3,(H,14,15). The van der Waals surface area contributed by atoms with E-state index in [4.69, 9.17) is 11.6 Å². The van der Waals surface area contributed by atoms with Crippen LogP contribution in [0, 0.1) is 0 Å². The zero-order valence-electron chi connectivity index (χ0n) is 9.15. The van der Waals surface area contributed by atoms with Crippen LogP contribution in [0.1, 0.15) is 12.5 Å². The van der Waals surface area contributed by atoms with Gasteiger partial charge in [0.25, 0.3) is 0 Å². The molecule has 0 saturated carbocycles. The van der Waals surface area contributed by atoms with Gasteiger partial charge in [-0.1, -0.05) is 23.7 Å². The van der Waals surface area contributed by atoms with Gasteiger partial charge in [-0.25, -0.2) is 4.98 Å². The molecule has 2 aromatic rings. The summed E-state index contributed by atoms with van der Waals surface area (Å²) in [4.78, 5) is 4.24. The van der Waals surface area contributed by atoms with Crippen molar-refractivity contribution in [3.63, 3.8) is 0 Å². The third kappa shape index (κ3) is 2.55. The lowest BCUT2D eigenvalue weighted by molar-refractivity contribution is 0.763. The summed E-state index contributed by atoms with van der Waals surface area (Å²) in [5.41, 5.74) is 1.15. The molecule has 0 spiro atoms. The highest BCUT2D eigenvalue weighted by Gasteiger charge is 2.00. The summed E-state index contributed by atoms with van der Waals surface area (Å²) in [5, 5.41) is 4.04. The number of aryl methyl sites for hydroxylation is 1. The second kappa shape index (κ2) is 5.03. The molecule has 0 unspecified atom stereocenters. The van der Waals surface area contributed by atoms with Crippen LogP contribution in [0.25, 0.3) is 0 Å². The van der Waals surface area contributed by atoms with Crippen molar-refractivity contribution < 1.29 is 0 Å². The maximum absolute atomic E-state index is 5.92. The van der Waals surface area contributed by atoms with Gasteiger partial charge in [-0.05, 0) is 24.6 Å². The molecule has 0 radical (unpaired) electrons. The minimum atomic E-state index is 0.734. The Morgan fingerprint density at radius 2 is 2.31 bits per heavy atom. The van der Waals surface area contributed by atoms with E-state index in [-0.39, 0.29) is 0 Å². The first-order valence-corrected chi connectivity index (χ1v) is 5.67. The van der Waals surface area contributed by atoms with Crippen LogP contribution in [0.5, 0.6) is 0 Å². The van der Waals surface area contributed by atoms with Crippen molar-refractivity contribution in [3.8, 4) is 0 Å². The quantitative estimate of drug-likeness (QED) is 0.882. The number of halogens is 1. The van der Waals surface area contributed by atoms with Crippen molar-refractivity contribution in [2.75, 3.05) is 5.32 Å². The lowest BCUT2D eigenvalue weighted by Gasteiger charge is -2.07. The van der Waals surface area contributed by atoms with Gasteiger partial charge in [0.2, 0.25) is 5.95 Å². The van der Waals surface area contributed by atoms with Gasteiger partial charge in [0, 0.05) is 30.5 Å². The van der Waals surface area contributed by atoms with Gasteiger partial charge in [-0.2, -0.15) is 0 Å². The Morgan fingerprint density at radius 3 is 3.06 bits per heavy atom. The molecule has 0 saturated heterocycles. The normalized spacial score (nSPS) is 10.4. The first-order chi connectivity index (χ1) is 7.79. The predicted octanol–water partition coefficient (Wildman–Crippen LogP) is 3.17. The molecule has 16 heavy (non-hydrogen) atoms. The van der Waals surface area contributed by atoms with Crippen LogP contribution in [0.4, 0.5) is 5.95 Å². The summed E-state index contributed by atoms with van der Waals surface area (Å²) in [6.07, 6.45) is 3.75. The highest BCUT2D eigenvalue weighted by molar-refractivity contribution is 6.30. The van der Waals surface area contributed by atoms with Gasteiger partial charge in [-0.15, -0.1) is 0 Å². The summed E-state index contributed by atoms with van der Waals surface area (Å²) in [7, 11) is 0. The van der Waals surface area contributed by atoms with Gasteiger partial charge in [0.1, 0.15) is 0 Å². The number of imidazole rings is 1. The number of nitrogens with one attached hydrogen (secondary N) is 1. The predicted molar refractivity (Wildman–Crippen MR) is 66.7 cm³/mol. The number of hydrogen-bond acceptors (Lipinski definition) is 2. The molecule has 1 N–H and O–H groups in total. The molecule has 4 heteroatoms. The van der Waals surface area contributed by atoms with Gasteiger partial charge >= 0.3 is 0 Å². The summed E-state index contributed by atoms with van der Waals surface area (Å²) >= 11 is 5.92. The Hall–Kier alpha value is -1.48. The van der Waals surface area contributed by atoms with Crippen LogP contribution in [-0.4, -0.2) is 9.55 Å². The monoisotopic (exact) mass is 235 g/mol. The highest BCUT2D eigenvalue weighted by atomic mass is 35.5. The fourth-order valence-electron chi connectivity index (χ4n) is 1.56. The average molecular weight is 236 g/mol. The lowest BCUT2D eigenvalue weighted by Crippen LogP contribution is -2.06. The molecular weight excluding hydrogens is 222 g/mol. The van der Waals surface area contributed by atoms with E-state index in [1.807, 2.05) is 30.5 Å². The Morgan fingerprint density at radius 1 is 1.44 bits per heavy atom. The number of anilines is 1. The van der Waals surface area contributed by atoms with Crippen molar-refractivity contribution in [3.05, 3.63) is 47.2 Å². The lowest BCUT2D eigenvalue weighted by atomic mass is 10.2. The van der Waals surface area contributed by atoms with E-state index in [1.54, 1.807) is 6.20 Å². The summed E-state index contributed by atoms with van der Waals surface area (Å²) < 4.78 is 2.06. The minimum absolute atomic E-state index is 0.734. The van der Waals surface area contributed by atoms with Gasteiger partial charge < -0.3 is 9.88 Å². The average Bonchev–Trinajstić information content (AvgIpc) is 2.74. The molecule has 84 valence electrons. The minimum Gasteiger partial charge on any atom is -0.352 e. The summed E-state index contributed by atoms with van der Waals surface area (Å²) in [6, 6.07) is 7.82. The van der Waals surface area contributed by atoms with Crippen LogP contribution in [0.2, 0.25) is 5.02 Å². The van der Waals surface area contributed by atoms with E-state index in [1.165, 1.54) is 0 Å². The second-order valence-electron chi connectivity index (χ2n) is 3.52. The van der Waals surface area contributed by atoms with E-state index in [9.17, 15) is 0 Å². The van der Waals surface area contributed by atoms with Gasteiger partial charge in [0.05, 0.1) is 0 Å². The Labute approximate surface area is 100 Å². The van der Waals surface area contributed by atoms with Crippen LogP contribution >= 0.6 is 11.6 Å². The fourth-order valence-corrected chi connectivity index (χ4v) is 1.77. The maximum Gasteiger partial charge on any atom is 0.203 e. The fraction of sp³-hybridized carbons (Fsp3) is 0.250. The molecular formula is C12H14ClN3. The van der Waals surface area contributed by atoms with E-state index in [2.05, 4.69) is 21.8 Å². The van der Waals surface area contributed by atoms with Crippen molar-refractivity contribution in [1.82, 2.24) is 9.55 Å². The number of hydrogen-bond donors (Lipinski definition) is 1. The summed E-state index contributed by atoms with van der Waals surface area (Å²) in [6.45, 7) is 3.74. The zero-order chi connectivity index (χ0) is 11.4. The van der Waals surface area contributed by atoms with Crippen LogP contribution in [-0.2, 0) is 13.1 Å². The molecule has 0 bridgehead atoms. The van der Waals surface area contributed by atoms with Crippen LogP contribution < -0.4 is 5.32 Å². The third-order valence-corrected chi connectivity index (χ3v) is 2.63. The van der Waals surface area contributed by atoms with E-state index in [0.717, 1.165) is 29.6 Å². The first kappa shape index (κ1) is 11.0. The van der Waals surface area contributed by atoms with E-state index < -0.39 is 0 Å². The van der Waals surface area contributed by atoms with Gasteiger partial charge in [0.15, 0.2) is 0 Å². The third-order valence-electron chi connectivity index (χ3n) is 2.40. The molecule has 0 amide bonds. The van der Waals surface area contributed by atoms with Gasteiger partial charge in [-0.3, -0.25) is 0 Å². The molecule has 0 fully saturated rings. The number of aromatic nitrogens is 2. The largest absolute Gasteiger partial charge is 0.352 e.